The van der Waals surface area contributed by atoms with Gasteiger partial charge in [0.1, 0.15) is 0 Å². The molecule has 1 atom stereocenters. The summed E-state index contributed by atoms with van der Waals surface area (Å²) in [6, 6.07) is 0. The molecule has 0 aromatic carbocycles. The van der Waals surface area contributed by atoms with Gasteiger partial charge in [-0.3, -0.25) is 9.59 Å². The highest BCUT2D eigenvalue weighted by Crippen LogP contribution is 2.06. The van der Waals surface area contributed by atoms with Crippen molar-refractivity contribution in [2.45, 2.75) is 46.0 Å². The van der Waals surface area contributed by atoms with E-state index < -0.39 is 17.9 Å². The molecule has 18 heavy (non-hydrogen) atoms. The number of carboxylic acid groups (broad SMARTS) is 2. The summed E-state index contributed by atoms with van der Waals surface area (Å²) in [4.78, 5) is 23.4. The van der Waals surface area contributed by atoms with Crippen molar-refractivity contribution >= 4 is 11.9 Å². The summed E-state index contributed by atoms with van der Waals surface area (Å²) in [5.74, 6) is -2.00. The third kappa shape index (κ3) is 8.98. The summed E-state index contributed by atoms with van der Waals surface area (Å²) in [6.45, 7) is 5.82. The van der Waals surface area contributed by atoms with Crippen molar-refractivity contribution in [3.63, 3.8) is 0 Å². The maximum absolute atomic E-state index is 10.8. The monoisotopic (exact) mass is 259 g/mol. The fraction of sp³-hybridized carbons (Fsp3) is 0.846. The molecule has 106 valence electrons. The van der Waals surface area contributed by atoms with E-state index in [2.05, 4.69) is 11.8 Å². The second-order valence-corrected chi connectivity index (χ2v) is 4.74. The number of carbonyl (C=O) groups is 2. The SMILES string of the molecule is CCCCCN(CCCC(=O)O)CC(C)C(=O)O. The van der Waals surface area contributed by atoms with Gasteiger partial charge in [-0.1, -0.05) is 26.7 Å². The molecule has 1 unspecified atom stereocenters. The molecule has 5 nitrogen and oxygen atoms in total. The van der Waals surface area contributed by atoms with Crippen LogP contribution in [0.25, 0.3) is 0 Å². The van der Waals surface area contributed by atoms with Gasteiger partial charge in [-0.2, -0.15) is 0 Å². The Kier molecular flexibility index (Phi) is 9.28. The van der Waals surface area contributed by atoms with E-state index in [1.165, 1.54) is 0 Å². The average molecular weight is 259 g/mol. The molecule has 0 aliphatic heterocycles. The van der Waals surface area contributed by atoms with Gasteiger partial charge in [-0.15, -0.1) is 0 Å². The quantitative estimate of drug-likeness (QED) is 0.555. The van der Waals surface area contributed by atoms with E-state index in [-0.39, 0.29) is 6.42 Å². The summed E-state index contributed by atoms with van der Waals surface area (Å²) in [5, 5.41) is 17.5. The van der Waals surface area contributed by atoms with E-state index >= 15 is 0 Å². The topological polar surface area (TPSA) is 77.8 Å². The summed E-state index contributed by atoms with van der Waals surface area (Å²) < 4.78 is 0. The molecule has 0 saturated carbocycles. The molecule has 2 N–H and O–H groups in total. The zero-order valence-corrected chi connectivity index (χ0v) is 11.4. The zero-order chi connectivity index (χ0) is 14.0. The Hall–Kier alpha value is -1.10. The Morgan fingerprint density at radius 2 is 1.72 bits per heavy atom. The highest BCUT2D eigenvalue weighted by Gasteiger charge is 2.15. The van der Waals surface area contributed by atoms with Gasteiger partial charge in [0.05, 0.1) is 5.92 Å². The molecule has 0 rings (SSSR count). The van der Waals surface area contributed by atoms with Gasteiger partial charge >= 0.3 is 11.9 Å². The van der Waals surface area contributed by atoms with Crippen LogP contribution in [-0.4, -0.2) is 46.7 Å². The summed E-state index contributed by atoms with van der Waals surface area (Å²) in [6.07, 6.45) is 4.00. The van der Waals surface area contributed by atoms with E-state index in [1.54, 1.807) is 6.92 Å². The molecule has 0 aliphatic rings. The molecule has 0 bridgehead atoms. The van der Waals surface area contributed by atoms with Gasteiger partial charge in [0.15, 0.2) is 0 Å². The minimum atomic E-state index is -0.797. The number of carboxylic acids is 2. The molecular formula is C13H25NO4. The first-order valence-corrected chi connectivity index (χ1v) is 6.64. The first kappa shape index (κ1) is 16.9. The molecule has 0 saturated heterocycles. The van der Waals surface area contributed by atoms with E-state index in [4.69, 9.17) is 10.2 Å². The van der Waals surface area contributed by atoms with Crippen LogP contribution in [0, 0.1) is 5.92 Å². The molecule has 0 spiro atoms. The lowest BCUT2D eigenvalue weighted by Crippen LogP contribution is -2.33. The lowest BCUT2D eigenvalue weighted by Gasteiger charge is -2.23. The molecule has 0 aromatic heterocycles. The van der Waals surface area contributed by atoms with Gasteiger partial charge in [-0.25, -0.2) is 0 Å². The van der Waals surface area contributed by atoms with Crippen LogP contribution in [0.15, 0.2) is 0 Å². The highest BCUT2D eigenvalue weighted by molar-refractivity contribution is 5.69. The lowest BCUT2D eigenvalue weighted by molar-refractivity contribution is -0.142. The fourth-order valence-electron chi connectivity index (χ4n) is 1.80. The Morgan fingerprint density at radius 3 is 2.22 bits per heavy atom. The summed E-state index contributed by atoms with van der Waals surface area (Å²) in [5.41, 5.74) is 0. The molecular weight excluding hydrogens is 234 g/mol. The molecule has 0 fully saturated rings. The van der Waals surface area contributed by atoms with Crippen LogP contribution in [-0.2, 0) is 9.59 Å². The van der Waals surface area contributed by atoms with Crippen LogP contribution in [0.4, 0.5) is 0 Å². The third-order valence-electron chi connectivity index (χ3n) is 2.90. The minimum Gasteiger partial charge on any atom is -0.481 e. The van der Waals surface area contributed by atoms with Crippen molar-refractivity contribution in [2.24, 2.45) is 5.92 Å². The normalized spacial score (nSPS) is 12.6. The molecule has 0 heterocycles. The first-order valence-electron chi connectivity index (χ1n) is 6.64. The van der Waals surface area contributed by atoms with Gasteiger partial charge in [-0.05, 0) is 25.9 Å². The van der Waals surface area contributed by atoms with E-state index in [0.29, 0.717) is 19.5 Å². The number of hydrogen-bond acceptors (Lipinski definition) is 3. The van der Waals surface area contributed by atoms with Crippen molar-refractivity contribution in [1.29, 1.82) is 0 Å². The number of rotatable bonds is 11. The number of hydrogen-bond donors (Lipinski definition) is 2. The van der Waals surface area contributed by atoms with Crippen molar-refractivity contribution < 1.29 is 19.8 Å². The minimum absolute atomic E-state index is 0.145. The Labute approximate surface area is 109 Å². The second-order valence-electron chi connectivity index (χ2n) is 4.74. The Balaban J connectivity index is 4.06. The number of nitrogens with zero attached hydrogens (tertiary/aromatic N) is 1. The van der Waals surface area contributed by atoms with Crippen molar-refractivity contribution in [1.82, 2.24) is 4.90 Å². The molecule has 0 aromatic rings. The van der Waals surface area contributed by atoms with E-state index in [0.717, 1.165) is 25.8 Å². The largest absolute Gasteiger partial charge is 0.481 e. The van der Waals surface area contributed by atoms with Crippen LogP contribution >= 0.6 is 0 Å². The highest BCUT2D eigenvalue weighted by atomic mass is 16.4. The van der Waals surface area contributed by atoms with Crippen LogP contribution in [0.5, 0.6) is 0 Å². The number of unbranched alkanes of at least 4 members (excludes halogenated alkanes) is 2. The summed E-state index contributed by atoms with van der Waals surface area (Å²) in [7, 11) is 0. The van der Waals surface area contributed by atoms with Gasteiger partial charge < -0.3 is 15.1 Å². The molecule has 5 heteroatoms. The Bertz CT molecular complexity index is 255. The van der Waals surface area contributed by atoms with Gasteiger partial charge in [0, 0.05) is 13.0 Å². The van der Waals surface area contributed by atoms with Gasteiger partial charge in [0.25, 0.3) is 0 Å². The standard InChI is InChI=1S/C13H25NO4/c1-3-4-5-8-14(9-6-7-12(15)16)10-11(2)13(17)18/h11H,3-10H2,1-2H3,(H,15,16)(H,17,18). The molecule has 0 amide bonds. The van der Waals surface area contributed by atoms with Crippen LogP contribution in [0.1, 0.15) is 46.0 Å². The van der Waals surface area contributed by atoms with Crippen LogP contribution in [0.3, 0.4) is 0 Å². The maximum Gasteiger partial charge on any atom is 0.307 e. The fourth-order valence-corrected chi connectivity index (χ4v) is 1.80. The van der Waals surface area contributed by atoms with Crippen LogP contribution in [0.2, 0.25) is 0 Å². The van der Waals surface area contributed by atoms with Crippen molar-refractivity contribution in [2.75, 3.05) is 19.6 Å². The predicted octanol–water partition coefficient (Wildman–Crippen LogP) is 2.06. The lowest BCUT2D eigenvalue weighted by atomic mass is 10.1. The number of aliphatic carboxylic acids is 2. The molecule has 0 radical (unpaired) electrons. The van der Waals surface area contributed by atoms with Crippen molar-refractivity contribution in [3.05, 3.63) is 0 Å². The maximum atomic E-state index is 10.8. The van der Waals surface area contributed by atoms with Gasteiger partial charge in [0.2, 0.25) is 0 Å². The smallest absolute Gasteiger partial charge is 0.307 e. The van der Waals surface area contributed by atoms with Crippen molar-refractivity contribution in [3.8, 4) is 0 Å². The predicted molar refractivity (Wildman–Crippen MR) is 69.6 cm³/mol. The summed E-state index contributed by atoms with van der Waals surface area (Å²) >= 11 is 0. The zero-order valence-electron chi connectivity index (χ0n) is 11.4. The van der Waals surface area contributed by atoms with E-state index in [9.17, 15) is 9.59 Å². The second kappa shape index (κ2) is 9.88. The molecule has 0 aliphatic carbocycles. The first-order chi connectivity index (χ1) is 8.47. The van der Waals surface area contributed by atoms with E-state index in [1.807, 2.05) is 0 Å². The average Bonchev–Trinajstić information content (AvgIpc) is 2.28. The third-order valence-corrected chi connectivity index (χ3v) is 2.90. The van der Waals surface area contributed by atoms with Crippen LogP contribution < -0.4 is 0 Å². The Morgan fingerprint density at radius 1 is 1.11 bits per heavy atom.